The summed E-state index contributed by atoms with van der Waals surface area (Å²) in [5.74, 6) is 0. The molecule has 10 aromatic rings. The van der Waals surface area contributed by atoms with Crippen molar-refractivity contribution in [1.82, 2.24) is 9.55 Å². The van der Waals surface area contributed by atoms with E-state index in [9.17, 15) is 0 Å². The predicted molar refractivity (Wildman–Crippen MR) is 207 cm³/mol. The first-order chi connectivity index (χ1) is 24.3. The van der Waals surface area contributed by atoms with Gasteiger partial charge < -0.3 is 4.57 Å². The van der Waals surface area contributed by atoms with E-state index in [1.807, 2.05) is 6.07 Å². The van der Waals surface area contributed by atoms with E-state index in [2.05, 4.69) is 180 Å². The Morgan fingerprint density at radius 3 is 1.57 bits per heavy atom. The second-order valence-electron chi connectivity index (χ2n) is 12.7. The maximum atomic E-state index is 5.19. The first-order valence-corrected chi connectivity index (χ1v) is 16.8. The van der Waals surface area contributed by atoms with Crippen LogP contribution in [0.3, 0.4) is 0 Å². The van der Waals surface area contributed by atoms with Gasteiger partial charge >= 0.3 is 0 Å². The SMILES string of the molecule is c1ccc(-c2cc(-c3ccccc3)nc(-c3ccc(-n4c5ccc6ccccc6c5c5c6ccccc6c6ccccc6c54)cc3)c2)cc1. The molecule has 2 aromatic heterocycles. The van der Waals surface area contributed by atoms with Crippen LogP contribution in [0.15, 0.2) is 182 Å². The number of hydrogen-bond donors (Lipinski definition) is 0. The average Bonchev–Trinajstić information content (AvgIpc) is 3.55. The van der Waals surface area contributed by atoms with Gasteiger partial charge in [-0.2, -0.15) is 0 Å². The van der Waals surface area contributed by atoms with E-state index < -0.39 is 0 Å². The Morgan fingerprint density at radius 2 is 0.878 bits per heavy atom. The van der Waals surface area contributed by atoms with Gasteiger partial charge in [0.1, 0.15) is 0 Å². The van der Waals surface area contributed by atoms with Crippen molar-refractivity contribution >= 4 is 54.1 Å². The van der Waals surface area contributed by atoms with E-state index >= 15 is 0 Å². The van der Waals surface area contributed by atoms with Crippen LogP contribution in [0.1, 0.15) is 0 Å². The van der Waals surface area contributed by atoms with Gasteiger partial charge in [-0.05, 0) is 68.4 Å². The minimum Gasteiger partial charge on any atom is -0.309 e. The summed E-state index contributed by atoms with van der Waals surface area (Å²) in [5.41, 5.74) is 10.0. The van der Waals surface area contributed by atoms with Crippen molar-refractivity contribution < 1.29 is 0 Å². The van der Waals surface area contributed by atoms with Crippen LogP contribution >= 0.6 is 0 Å². The molecule has 0 aliphatic rings. The third-order valence-corrected chi connectivity index (χ3v) is 9.95. The standard InChI is InChI=1S/C47H30N2/c1-3-13-31(14-4-1)35-29-42(33-16-5-2-6-17-33)48-43(30-35)34-23-26-36(27-24-34)49-44-28-25-32-15-7-8-18-37(32)45(44)46-40-21-11-9-19-38(40)39-20-10-12-22-41(39)47(46)49/h1-30H. The highest BCUT2D eigenvalue weighted by Gasteiger charge is 2.20. The van der Waals surface area contributed by atoms with E-state index in [1.54, 1.807) is 0 Å². The maximum Gasteiger partial charge on any atom is 0.0715 e. The maximum absolute atomic E-state index is 5.19. The number of nitrogens with zero attached hydrogens (tertiary/aromatic N) is 2. The molecule has 0 atom stereocenters. The molecule has 8 aromatic carbocycles. The van der Waals surface area contributed by atoms with Gasteiger partial charge in [0.15, 0.2) is 0 Å². The molecule has 0 aliphatic carbocycles. The lowest BCUT2D eigenvalue weighted by atomic mass is 9.95. The molecule has 0 aliphatic heterocycles. The average molecular weight is 623 g/mol. The smallest absolute Gasteiger partial charge is 0.0715 e. The van der Waals surface area contributed by atoms with Gasteiger partial charge in [0, 0.05) is 33.0 Å². The molecule has 0 saturated carbocycles. The van der Waals surface area contributed by atoms with Crippen LogP contribution < -0.4 is 0 Å². The zero-order valence-corrected chi connectivity index (χ0v) is 26.7. The van der Waals surface area contributed by atoms with E-state index in [0.717, 1.165) is 33.8 Å². The number of rotatable bonds is 4. The molecule has 0 amide bonds. The van der Waals surface area contributed by atoms with Crippen molar-refractivity contribution in [3.05, 3.63) is 182 Å². The van der Waals surface area contributed by atoms with Gasteiger partial charge in [-0.25, -0.2) is 4.98 Å². The van der Waals surface area contributed by atoms with Gasteiger partial charge in [-0.15, -0.1) is 0 Å². The number of benzene rings is 8. The van der Waals surface area contributed by atoms with Crippen LogP contribution in [0.4, 0.5) is 0 Å². The van der Waals surface area contributed by atoms with Crippen molar-refractivity contribution in [2.45, 2.75) is 0 Å². The van der Waals surface area contributed by atoms with Crippen molar-refractivity contribution in [3.8, 4) is 39.3 Å². The lowest BCUT2D eigenvalue weighted by Gasteiger charge is -2.13. The van der Waals surface area contributed by atoms with Crippen molar-refractivity contribution in [2.24, 2.45) is 0 Å². The molecule has 0 spiro atoms. The molecular weight excluding hydrogens is 593 g/mol. The normalized spacial score (nSPS) is 11.7. The minimum absolute atomic E-state index is 0.955. The first-order valence-electron chi connectivity index (χ1n) is 16.8. The Morgan fingerprint density at radius 1 is 0.347 bits per heavy atom. The third kappa shape index (κ3) is 4.38. The third-order valence-electron chi connectivity index (χ3n) is 9.95. The second-order valence-corrected chi connectivity index (χ2v) is 12.7. The second kappa shape index (κ2) is 11.0. The number of pyridine rings is 1. The topological polar surface area (TPSA) is 17.8 Å². The fraction of sp³-hybridized carbons (Fsp3) is 0. The molecule has 10 rings (SSSR count). The summed E-state index contributed by atoms with van der Waals surface area (Å²) in [6.45, 7) is 0. The Labute approximate surface area is 284 Å². The van der Waals surface area contributed by atoms with Gasteiger partial charge in [0.05, 0.1) is 22.4 Å². The van der Waals surface area contributed by atoms with Gasteiger partial charge in [-0.1, -0.05) is 152 Å². The fourth-order valence-corrected chi connectivity index (χ4v) is 7.72. The molecule has 228 valence electrons. The molecule has 2 heteroatoms. The Kier molecular flexibility index (Phi) is 6.22. The summed E-state index contributed by atoms with van der Waals surface area (Å²) in [7, 11) is 0. The summed E-state index contributed by atoms with van der Waals surface area (Å²) in [4.78, 5) is 5.19. The van der Waals surface area contributed by atoms with Crippen LogP contribution in [0.2, 0.25) is 0 Å². The summed E-state index contributed by atoms with van der Waals surface area (Å²) in [6.07, 6.45) is 0. The quantitative estimate of drug-likeness (QED) is 0.179. The summed E-state index contributed by atoms with van der Waals surface area (Å²) >= 11 is 0. The van der Waals surface area contributed by atoms with Gasteiger partial charge in [0.25, 0.3) is 0 Å². The Balaban J connectivity index is 1.23. The highest BCUT2D eigenvalue weighted by atomic mass is 15.0. The van der Waals surface area contributed by atoms with Gasteiger partial charge in [-0.3, -0.25) is 0 Å². The molecule has 0 bridgehead atoms. The van der Waals surface area contributed by atoms with E-state index in [1.165, 1.54) is 59.7 Å². The lowest BCUT2D eigenvalue weighted by Crippen LogP contribution is -1.96. The zero-order valence-electron chi connectivity index (χ0n) is 26.7. The number of aromatic nitrogens is 2. The Bertz CT molecular complexity index is 2790. The molecule has 0 saturated heterocycles. The first kappa shape index (κ1) is 27.6. The highest BCUT2D eigenvalue weighted by molar-refractivity contribution is 6.35. The summed E-state index contributed by atoms with van der Waals surface area (Å²) in [5, 5.41) is 10.2. The molecule has 0 fully saturated rings. The molecule has 2 nitrogen and oxygen atoms in total. The van der Waals surface area contributed by atoms with E-state index in [-0.39, 0.29) is 0 Å². The molecule has 0 radical (unpaired) electrons. The van der Waals surface area contributed by atoms with Crippen LogP contribution in [0.25, 0.3) is 93.5 Å². The predicted octanol–water partition coefficient (Wildman–Crippen LogP) is 12.6. The van der Waals surface area contributed by atoms with Crippen molar-refractivity contribution in [3.63, 3.8) is 0 Å². The van der Waals surface area contributed by atoms with E-state index in [4.69, 9.17) is 4.98 Å². The lowest BCUT2D eigenvalue weighted by molar-refractivity contribution is 1.19. The minimum atomic E-state index is 0.955. The monoisotopic (exact) mass is 622 g/mol. The van der Waals surface area contributed by atoms with Crippen LogP contribution in [-0.4, -0.2) is 9.55 Å². The molecule has 2 heterocycles. The number of fused-ring (bicyclic) bond motifs is 10. The number of hydrogen-bond acceptors (Lipinski definition) is 1. The molecule has 0 N–H and O–H groups in total. The van der Waals surface area contributed by atoms with E-state index in [0.29, 0.717) is 0 Å². The van der Waals surface area contributed by atoms with Crippen molar-refractivity contribution in [2.75, 3.05) is 0 Å². The highest BCUT2D eigenvalue weighted by Crippen LogP contribution is 2.44. The summed E-state index contributed by atoms with van der Waals surface area (Å²) in [6, 6.07) is 65.4. The zero-order chi connectivity index (χ0) is 32.3. The van der Waals surface area contributed by atoms with Gasteiger partial charge in [0.2, 0.25) is 0 Å². The van der Waals surface area contributed by atoms with Crippen LogP contribution in [0.5, 0.6) is 0 Å². The van der Waals surface area contributed by atoms with Crippen LogP contribution in [-0.2, 0) is 0 Å². The van der Waals surface area contributed by atoms with Crippen molar-refractivity contribution in [1.29, 1.82) is 0 Å². The molecule has 49 heavy (non-hydrogen) atoms. The summed E-state index contributed by atoms with van der Waals surface area (Å²) < 4.78 is 2.47. The fourth-order valence-electron chi connectivity index (χ4n) is 7.72. The molecular formula is C47H30N2. The largest absolute Gasteiger partial charge is 0.309 e. The Hall–Kier alpha value is -6.51. The van der Waals surface area contributed by atoms with Crippen LogP contribution in [0, 0.1) is 0 Å². The molecule has 0 unspecified atom stereocenters.